The van der Waals surface area contributed by atoms with Crippen LogP contribution in [0.5, 0.6) is 0 Å². The zero-order valence-electron chi connectivity index (χ0n) is 14.4. The predicted molar refractivity (Wildman–Crippen MR) is 95.9 cm³/mol. The fourth-order valence-corrected chi connectivity index (χ4v) is 2.82. The molecular formula is C17H21N5O3. The van der Waals surface area contributed by atoms with E-state index >= 15 is 0 Å². The smallest absolute Gasteiger partial charge is 0.332 e. The highest BCUT2D eigenvalue weighted by Crippen LogP contribution is 2.10. The molecule has 8 heteroatoms. The molecule has 1 aromatic carbocycles. The molecule has 132 valence electrons. The van der Waals surface area contributed by atoms with E-state index in [0.717, 1.165) is 15.8 Å². The van der Waals surface area contributed by atoms with Gasteiger partial charge in [0.2, 0.25) is 0 Å². The summed E-state index contributed by atoms with van der Waals surface area (Å²) < 4.78 is 3.95. The number of anilines is 1. The van der Waals surface area contributed by atoms with E-state index in [0.29, 0.717) is 17.7 Å². The summed E-state index contributed by atoms with van der Waals surface area (Å²) in [5, 5.41) is 13.5. The van der Waals surface area contributed by atoms with Crippen molar-refractivity contribution in [2.45, 2.75) is 19.6 Å². The van der Waals surface area contributed by atoms with Gasteiger partial charge in [-0.15, -0.1) is 0 Å². The molecule has 2 heterocycles. The molecule has 0 amide bonds. The number of aromatic nitrogens is 4. The number of hydrogen-bond acceptors (Lipinski definition) is 5. The van der Waals surface area contributed by atoms with E-state index in [1.54, 1.807) is 11.6 Å². The Hall–Kier alpha value is -2.87. The molecule has 0 radical (unpaired) electrons. The van der Waals surface area contributed by atoms with E-state index in [4.69, 9.17) is 0 Å². The lowest BCUT2D eigenvalue weighted by Gasteiger charge is -2.14. The summed E-state index contributed by atoms with van der Waals surface area (Å²) >= 11 is 0. The normalized spacial score (nSPS) is 12.5. The summed E-state index contributed by atoms with van der Waals surface area (Å²) in [6.45, 7) is 2.53. The Bertz CT molecular complexity index is 1030. The number of aryl methyl sites for hydroxylation is 2. The lowest BCUT2D eigenvalue weighted by atomic mass is 10.2. The maximum absolute atomic E-state index is 12.4. The van der Waals surface area contributed by atoms with Gasteiger partial charge in [-0.3, -0.25) is 13.9 Å². The number of aliphatic hydroxyl groups excluding tert-OH is 1. The second kappa shape index (κ2) is 6.56. The Labute approximate surface area is 144 Å². The molecule has 0 aliphatic rings. The minimum atomic E-state index is -0.722. The van der Waals surface area contributed by atoms with Gasteiger partial charge < -0.3 is 15.0 Å². The molecule has 0 aliphatic heterocycles. The molecule has 2 aromatic heterocycles. The van der Waals surface area contributed by atoms with Crippen LogP contribution in [0.4, 0.5) is 5.69 Å². The molecule has 0 fully saturated rings. The second-order valence-corrected chi connectivity index (χ2v) is 6.18. The first-order valence-electron chi connectivity index (χ1n) is 7.98. The molecule has 25 heavy (non-hydrogen) atoms. The third-order valence-electron chi connectivity index (χ3n) is 4.18. The molecule has 3 aromatic rings. The third-order valence-corrected chi connectivity index (χ3v) is 4.18. The zero-order valence-corrected chi connectivity index (χ0v) is 14.4. The van der Waals surface area contributed by atoms with E-state index in [1.165, 1.54) is 17.9 Å². The molecule has 1 atom stereocenters. The van der Waals surface area contributed by atoms with Crippen molar-refractivity contribution in [1.29, 1.82) is 0 Å². The fraction of sp³-hybridized carbons (Fsp3) is 0.353. The highest BCUT2D eigenvalue weighted by atomic mass is 16.3. The first-order valence-corrected chi connectivity index (χ1v) is 7.98. The van der Waals surface area contributed by atoms with Gasteiger partial charge in [0.15, 0.2) is 11.2 Å². The monoisotopic (exact) mass is 343 g/mol. The van der Waals surface area contributed by atoms with Crippen molar-refractivity contribution in [3.8, 4) is 0 Å². The first-order chi connectivity index (χ1) is 11.9. The Balaban J connectivity index is 1.81. The van der Waals surface area contributed by atoms with Gasteiger partial charge in [0, 0.05) is 26.3 Å². The molecule has 3 rings (SSSR count). The van der Waals surface area contributed by atoms with E-state index in [9.17, 15) is 14.7 Å². The number of aliphatic hydroxyl groups is 1. The maximum atomic E-state index is 12.4. The average Bonchev–Trinajstić information content (AvgIpc) is 3.00. The fourth-order valence-electron chi connectivity index (χ4n) is 2.82. The minimum Gasteiger partial charge on any atom is -0.389 e. The standard InChI is InChI=1S/C17H21N5O3/c1-11-5-4-6-12(7-11)18-8-13(23)9-22-10-19-15-14(22)16(24)21(3)17(25)20(15)2/h4-7,10,13,18,23H,8-9H2,1-3H3/t13-/m1/s1. The van der Waals surface area contributed by atoms with Gasteiger partial charge in [-0.25, -0.2) is 9.78 Å². The predicted octanol–water partition coefficient (Wildman–Crippen LogP) is 0.215. The summed E-state index contributed by atoms with van der Waals surface area (Å²) in [4.78, 5) is 28.5. The van der Waals surface area contributed by atoms with Crippen LogP contribution < -0.4 is 16.6 Å². The van der Waals surface area contributed by atoms with Crippen LogP contribution in [0.3, 0.4) is 0 Å². The summed E-state index contributed by atoms with van der Waals surface area (Å²) in [6.07, 6.45) is 0.751. The molecule has 8 nitrogen and oxygen atoms in total. The van der Waals surface area contributed by atoms with Crippen molar-refractivity contribution < 1.29 is 5.11 Å². The van der Waals surface area contributed by atoms with Crippen LogP contribution in [0.1, 0.15) is 5.56 Å². The van der Waals surface area contributed by atoms with Gasteiger partial charge in [-0.05, 0) is 24.6 Å². The van der Waals surface area contributed by atoms with Crippen molar-refractivity contribution in [3.63, 3.8) is 0 Å². The molecule has 0 saturated carbocycles. The Morgan fingerprint density at radius 2 is 2.00 bits per heavy atom. The van der Waals surface area contributed by atoms with Gasteiger partial charge in [-0.1, -0.05) is 12.1 Å². The molecule has 0 unspecified atom stereocenters. The molecule has 0 bridgehead atoms. The largest absolute Gasteiger partial charge is 0.389 e. The van der Waals surface area contributed by atoms with Gasteiger partial charge in [0.1, 0.15) is 0 Å². The van der Waals surface area contributed by atoms with Crippen molar-refractivity contribution in [3.05, 3.63) is 57.0 Å². The number of hydrogen-bond donors (Lipinski definition) is 2. The summed E-state index contributed by atoms with van der Waals surface area (Å²) in [7, 11) is 2.99. The van der Waals surface area contributed by atoms with Crippen molar-refractivity contribution in [2.24, 2.45) is 14.1 Å². The Morgan fingerprint density at radius 1 is 1.24 bits per heavy atom. The Kier molecular flexibility index (Phi) is 4.45. The number of imidazole rings is 1. The molecule has 0 saturated heterocycles. The number of rotatable bonds is 5. The van der Waals surface area contributed by atoms with Crippen LogP contribution >= 0.6 is 0 Å². The number of nitrogens with one attached hydrogen (secondary N) is 1. The maximum Gasteiger partial charge on any atom is 0.332 e. The SMILES string of the molecule is Cc1cccc(NC[C@@H](O)Cn2cnc3c2c(=O)n(C)c(=O)n3C)c1. The number of benzene rings is 1. The number of fused-ring (bicyclic) bond motifs is 1. The highest BCUT2D eigenvalue weighted by Gasteiger charge is 2.16. The quantitative estimate of drug-likeness (QED) is 0.691. The van der Waals surface area contributed by atoms with Gasteiger partial charge in [0.05, 0.1) is 19.0 Å². The van der Waals surface area contributed by atoms with Crippen LogP contribution in [0.15, 0.2) is 40.2 Å². The van der Waals surface area contributed by atoms with Crippen LogP contribution in [-0.2, 0) is 20.6 Å². The lowest BCUT2D eigenvalue weighted by molar-refractivity contribution is 0.168. The summed E-state index contributed by atoms with van der Waals surface area (Å²) in [5.41, 5.74) is 1.82. The van der Waals surface area contributed by atoms with Crippen molar-refractivity contribution >= 4 is 16.9 Å². The molecule has 0 aliphatic carbocycles. The van der Waals surface area contributed by atoms with E-state index in [2.05, 4.69) is 10.3 Å². The number of nitrogens with zero attached hydrogens (tertiary/aromatic N) is 4. The van der Waals surface area contributed by atoms with Crippen LogP contribution in [0, 0.1) is 6.92 Å². The summed E-state index contributed by atoms with van der Waals surface area (Å²) in [5.74, 6) is 0. The lowest BCUT2D eigenvalue weighted by Crippen LogP contribution is -2.38. The topological polar surface area (TPSA) is 94.1 Å². The first kappa shape index (κ1) is 17.0. The minimum absolute atomic E-state index is 0.197. The van der Waals surface area contributed by atoms with E-state index < -0.39 is 17.4 Å². The highest BCUT2D eigenvalue weighted by molar-refractivity contribution is 5.69. The molecular weight excluding hydrogens is 322 g/mol. The van der Waals surface area contributed by atoms with Gasteiger partial charge >= 0.3 is 5.69 Å². The second-order valence-electron chi connectivity index (χ2n) is 6.18. The van der Waals surface area contributed by atoms with Crippen molar-refractivity contribution in [1.82, 2.24) is 18.7 Å². The third kappa shape index (κ3) is 3.20. The molecule has 0 spiro atoms. The van der Waals surface area contributed by atoms with Crippen molar-refractivity contribution in [2.75, 3.05) is 11.9 Å². The van der Waals surface area contributed by atoms with Gasteiger partial charge in [0.25, 0.3) is 5.56 Å². The average molecular weight is 343 g/mol. The van der Waals surface area contributed by atoms with E-state index in [-0.39, 0.29) is 6.54 Å². The van der Waals surface area contributed by atoms with Gasteiger partial charge in [-0.2, -0.15) is 0 Å². The zero-order chi connectivity index (χ0) is 18.1. The summed E-state index contributed by atoms with van der Waals surface area (Å²) in [6, 6.07) is 7.86. The van der Waals surface area contributed by atoms with Crippen LogP contribution in [0.2, 0.25) is 0 Å². The molecule has 2 N–H and O–H groups in total. The van der Waals surface area contributed by atoms with Crippen LogP contribution in [-0.4, -0.2) is 36.4 Å². The van der Waals surface area contributed by atoms with E-state index in [1.807, 2.05) is 31.2 Å². The van der Waals surface area contributed by atoms with Crippen LogP contribution in [0.25, 0.3) is 11.2 Å². The Morgan fingerprint density at radius 3 is 2.72 bits per heavy atom.